The lowest BCUT2D eigenvalue weighted by molar-refractivity contribution is 0.352. The standard InChI is InChI=1S/C12H22N2/c1-4-11(5-2)10(3)14-9-12-7-6-8-13-12/h6-8,10-11,13-14H,4-5,9H2,1-3H3. The molecule has 0 saturated heterocycles. The maximum Gasteiger partial charge on any atom is 0.0359 e. The van der Waals surface area contributed by atoms with Gasteiger partial charge < -0.3 is 10.3 Å². The number of aromatic amines is 1. The number of nitrogens with one attached hydrogen (secondary N) is 2. The van der Waals surface area contributed by atoms with Gasteiger partial charge in [-0.2, -0.15) is 0 Å². The zero-order valence-electron chi connectivity index (χ0n) is 9.51. The van der Waals surface area contributed by atoms with Crippen LogP contribution < -0.4 is 5.32 Å². The van der Waals surface area contributed by atoms with Gasteiger partial charge in [0.25, 0.3) is 0 Å². The molecule has 1 rings (SSSR count). The third-order valence-electron chi connectivity index (χ3n) is 3.03. The van der Waals surface area contributed by atoms with Crippen LogP contribution in [0.25, 0.3) is 0 Å². The minimum absolute atomic E-state index is 0.605. The van der Waals surface area contributed by atoms with Crippen molar-refractivity contribution in [3.63, 3.8) is 0 Å². The third-order valence-corrected chi connectivity index (χ3v) is 3.03. The Morgan fingerprint density at radius 3 is 2.57 bits per heavy atom. The molecule has 0 fully saturated rings. The molecular weight excluding hydrogens is 172 g/mol. The fourth-order valence-electron chi connectivity index (χ4n) is 1.91. The molecule has 0 aliphatic heterocycles. The predicted octanol–water partition coefficient (Wildman–Crippen LogP) is 2.93. The van der Waals surface area contributed by atoms with Crippen molar-refractivity contribution in [1.82, 2.24) is 10.3 Å². The van der Waals surface area contributed by atoms with Crippen LogP contribution >= 0.6 is 0 Å². The number of hydrogen-bond donors (Lipinski definition) is 2. The highest BCUT2D eigenvalue weighted by Gasteiger charge is 2.12. The maximum atomic E-state index is 3.56. The van der Waals surface area contributed by atoms with Gasteiger partial charge in [0.2, 0.25) is 0 Å². The highest BCUT2D eigenvalue weighted by atomic mass is 14.9. The van der Waals surface area contributed by atoms with Crippen LogP contribution in [-0.2, 0) is 6.54 Å². The minimum atomic E-state index is 0.605. The molecule has 0 amide bonds. The fourth-order valence-corrected chi connectivity index (χ4v) is 1.91. The van der Waals surface area contributed by atoms with Crippen molar-refractivity contribution in [2.75, 3.05) is 0 Å². The van der Waals surface area contributed by atoms with E-state index in [4.69, 9.17) is 0 Å². The summed E-state index contributed by atoms with van der Waals surface area (Å²) in [6, 6.07) is 4.76. The Kier molecular flexibility index (Phi) is 4.74. The molecule has 1 aromatic rings. The lowest BCUT2D eigenvalue weighted by Gasteiger charge is -2.22. The average Bonchev–Trinajstić information content (AvgIpc) is 2.69. The molecule has 0 bridgehead atoms. The van der Waals surface area contributed by atoms with Crippen LogP contribution in [0.3, 0.4) is 0 Å². The summed E-state index contributed by atoms with van der Waals surface area (Å²) < 4.78 is 0. The molecule has 2 heteroatoms. The number of hydrogen-bond acceptors (Lipinski definition) is 1. The van der Waals surface area contributed by atoms with Crippen molar-refractivity contribution < 1.29 is 0 Å². The van der Waals surface area contributed by atoms with Crippen LogP contribution in [0.5, 0.6) is 0 Å². The van der Waals surface area contributed by atoms with Crippen molar-refractivity contribution in [1.29, 1.82) is 0 Å². The summed E-state index contributed by atoms with van der Waals surface area (Å²) in [5.74, 6) is 0.796. The number of aromatic nitrogens is 1. The molecular formula is C12H22N2. The van der Waals surface area contributed by atoms with Crippen LogP contribution in [0.2, 0.25) is 0 Å². The van der Waals surface area contributed by atoms with Gasteiger partial charge >= 0.3 is 0 Å². The largest absolute Gasteiger partial charge is 0.364 e. The van der Waals surface area contributed by atoms with Gasteiger partial charge in [-0.25, -0.2) is 0 Å². The van der Waals surface area contributed by atoms with E-state index in [-0.39, 0.29) is 0 Å². The highest BCUT2D eigenvalue weighted by molar-refractivity contribution is 5.03. The quantitative estimate of drug-likeness (QED) is 0.716. The average molecular weight is 194 g/mol. The third kappa shape index (κ3) is 3.18. The molecule has 0 spiro atoms. The SMILES string of the molecule is CCC(CC)C(C)NCc1ccc[nH]1. The first-order valence-corrected chi connectivity index (χ1v) is 5.63. The predicted molar refractivity (Wildman–Crippen MR) is 61.2 cm³/mol. The Bertz CT molecular complexity index is 224. The van der Waals surface area contributed by atoms with Gasteiger partial charge in [0, 0.05) is 24.5 Å². The summed E-state index contributed by atoms with van der Waals surface area (Å²) in [6.45, 7) is 7.76. The zero-order valence-corrected chi connectivity index (χ0v) is 9.51. The van der Waals surface area contributed by atoms with E-state index in [2.05, 4.69) is 37.1 Å². The van der Waals surface area contributed by atoms with Crippen LogP contribution in [-0.4, -0.2) is 11.0 Å². The lowest BCUT2D eigenvalue weighted by atomic mass is 9.95. The molecule has 1 aromatic heterocycles. The van der Waals surface area contributed by atoms with E-state index < -0.39 is 0 Å². The first-order valence-electron chi connectivity index (χ1n) is 5.63. The molecule has 1 unspecified atom stereocenters. The Morgan fingerprint density at radius 2 is 2.07 bits per heavy atom. The van der Waals surface area contributed by atoms with Gasteiger partial charge in [-0.3, -0.25) is 0 Å². The summed E-state index contributed by atoms with van der Waals surface area (Å²) in [7, 11) is 0. The van der Waals surface area contributed by atoms with Gasteiger partial charge in [-0.1, -0.05) is 26.7 Å². The summed E-state index contributed by atoms with van der Waals surface area (Å²) >= 11 is 0. The number of H-pyrrole nitrogens is 1. The molecule has 80 valence electrons. The highest BCUT2D eigenvalue weighted by Crippen LogP contribution is 2.12. The molecule has 1 heterocycles. The maximum absolute atomic E-state index is 3.56. The van der Waals surface area contributed by atoms with E-state index in [1.54, 1.807) is 0 Å². The molecule has 0 aliphatic carbocycles. The molecule has 0 aromatic carbocycles. The molecule has 14 heavy (non-hydrogen) atoms. The smallest absolute Gasteiger partial charge is 0.0359 e. The summed E-state index contributed by atoms with van der Waals surface area (Å²) in [6.07, 6.45) is 4.49. The zero-order chi connectivity index (χ0) is 10.4. The van der Waals surface area contributed by atoms with Gasteiger partial charge in [0.05, 0.1) is 0 Å². The molecule has 0 radical (unpaired) electrons. The van der Waals surface area contributed by atoms with Crippen LogP contribution in [0, 0.1) is 5.92 Å². The van der Waals surface area contributed by atoms with Crippen molar-refractivity contribution in [2.24, 2.45) is 5.92 Å². The van der Waals surface area contributed by atoms with E-state index in [0.717, 1.165) is 12.5 Å². The van der Waals surface area contributed by atoms with Crippen LogP contribution in [0.1, 0.15) is 39.3 Å². The van der Waals surface area contributed by atoms with Crippen molar-refractivity contribution in [2.45, 2.75) is 46.2 Å². The molecule has 2 N–H and O–H groups in total. The first-order chi connectivity index (χ1) is 6.77. The normalized spacial score (nSPS) is 13.4. The van der Waals surface area contributed by atoms with E-state index in [9.17, 15) is 0 Å². The van der Waals surface area contributed by atoms with Crippen molar-refractivity contribution in [3.8, 4) is 0 Å². The van der Waals surface area contributed by atoms with Crippen molar-refractivity contribution >= 4 is 0 Å². The summed E-state index contributed by atoms with van der Waals surface area (Å²) in [5, 5.41) is 3.56. The second-order valence-electron chi connectivity index (χ2n) is 3.94. The Morgan fingerprint density at radius 1 is 1.36 bits per heavy atom. The van der Waals surface area contributed by atoms with E-state index in [0.29, 0.717) is 6.04 Å². The summed E-state index contributed by atoms with van der Waals surface area (Å²) in [4.78, 5) is 3.20. The van der Waals surface area contributed by atoms with Gasteiger partial charge in [-0.05, 0) is 25.0 Å². The Balaban J connectivity index is 2.30. The first kappa shape index (κ1) is 11.3. The molecule has 2 nitrogen and oxygen atoms in total. The molecule has 0 aliphatic rings. The molecule has 0 saturated carbocycles. The number of rotatable bonds is 6. The Labute approximate surface area is 87.1 Å². The van der Waals surface area contributed by atoms with E-state index in [1.165, 1.54) is 18.5 Å². The van der Waals surface area contributed by atoms with Gasteiger partial charge in [0.15, 0.2) is 0 Å². The van der Waals surface area contributed by atoms with Gasteiger partial charge in [0.1, 0.15) is 0 Å². The van der Waals surface area contributed by atoms with E-state index >= 15 is 0 Å². The van der Waals surface area contributed by atoms with Crippen LogP contribution in [0.4, 0.5) is 0 Å². The topological polar surface area (TPSA) is 27.8 Å². The minimum Gasteiger partial charge on any atom is -0.364 e. The lowest BCUT2D eigenvalue weighted by Crippen LogP contribution is -2.32. The fraction of sp³-hybridized carbons (Fsp3) is 0.667. The second kappa shape index (κ2) is 5.86. The van der Waals surface area contributed by atoms with Gasteiger partial charge in [-0.15, -0.1) is 0 Å². The van der Waals surface area contributed by atoms with Crippen molar-refractivity contribution in [3.05, 3.63) is 24.0 Å². The van der Waals surface area contributed by atoms with Crippen LogP contribution in [0.15, 0.2) is 18.3 Å². The molecule has 1 atom stereocenters. The monoisotopic (exact) mass is 194 g/mol. The Hall–Kier alpha value is -0.760. The van der Waals surface area contributed by atoms with E-state index in [1.807, 2.05) is 12.3 Å². The summed E-state index contributed by atoms with van der Waals surface area (Å²) in [5.41, 5.74) is 1.27. The second-order valence-corrected chi connectivity index (χ2v) is 3.94.